The lowest BCUT2D eigenvalue weighted by molar-refractivity contribution is 0.340. The van der Waals surface area contributed by atoms with Crippen molar-refractivity contribution in [1.29, 1.82) is 0 Å². The van der Waals surface area contributed by atoms with Crippen LogP contribution < -0.4 is 20.3 Å². The zero-order valence-electron chi connectivity index (χ0n) is 16.4. The Morgan fingerprint density at radius 3 is 2.39 bits per heavy atom. The summed E-state index contributed by atoms with van der Waals surface area (Å²) in [4.78, 5) is 4.59. The van der Waals surface area contributed by atoms with Gasteiger partial charge in [0.15, 0.2) is 0 Å². The van der Waals surface area contributed by atoms with Crippen molar-refractivity contribution in [2.75, 3.05) is 14.2 Å². The van der Waals surface area contributed by atoms with Crippen molar-refractivity contribution in [1.82, 2.24) is 21.0 Å². The average Bonchev–Trinajstić information content (AvgIpc) is 3.39. The van der Waals surface area contributed by atoms with Gasteiger partial charge in [0.2, 0.25) is 11.7 Å². The summed E-state index contributed by atoms with van der Waals surface area (Å²) in [6, 6.07) is 12.2. The fraction of sp³-hybridized carbons (Fsp3) is 0.333. The molecule has 4 rings (SSSR count). The summed E-state index contributed by atoms with van der Waals surface area (Å²) in [6.45, 7) is 4.24. The molecule has 7 nitrogen and oxygen atoms in total. The van der Waals surface area contributed by atoms with E-state index in [4.69, 9.17) is 14.0 Å². The van der Waals surface area contributed by atoms with Crippen molar-refractivity contribution in [2.45, 2.75) is 32.4 Å². The molecule has 7 heteroatoms. The van der Waals surface area contributed by atoms with Gasteiger partial charge < -0.3 is 14.0 Å². The van der Waals surface area contributed by atoms with E-state index in [1.165, 1.54) is 16.7 Å². The second kappa shape index (κ2) is 7.61. The largest absolute Gasteiger partial charge is 0.497 e. The highest BCUT2D eigenvalue weighted by molar-refractivity contribution is 5.60. The lowest BCUT2D eigenvalue weighted by atomic mass is 9.96. The monoisotopic (exact) mass is 380 g/mol. The number of hydrogen-bond acceptors (Lipinski definition) is 7. The molecule has 0 saturated carbocycles. The van der Waals surface area contributed by atoms with E-state index in [1.54, 1.807) is 14.2 Å². The van der Waals surface area contributed by atoms with Crippen LogP contribution in [0.5, 0.6) is 11.5 Å². The van der Waals surface area contributed by atoms with Crippen LogP contribution in [0.1, 0.15) is 41.1 Å². The fourth-order valence-corrected chi connectivity index (χ4v) is 3.49. The zero-order valence-corrected chi connectivity index (χ0v) is 16.4. The topological polar surface area (TPSA) is 81.4 Å². The Labute approximate surface area is 164 Å². The Morgan fingerprint density at radius 2 is 1.68 bits per heavy atom. The Bertz CT molecular complexity index is 963. The first kappa shape index (κ1) is 18.5. The predicted molar refractivity (Wildman–Crippen MR) is 105 cm³/mol. The molecule has 0 aliphatic carbocycles. The molecule has 0 radical (unpaired) electrons. The highest BCUT2D eigenvalue weighted by atomic mass is 16.5. The minimum atomic E-state index is -0.0568. The van der Waals surface area contributed by atoms with Gasteiger partial charge in [-0.1, -0.05) is 28.9 Å². The number of aromatic nitrogens is 2. The van der Waals surface area contributed by atoms with Crippen LogP contribution in [-0.4, -0.2) is 24.4 Å². The Hall–Kier alpha value is -2.90. The smallest absolute Gasteiger partial charge is 0.245 e. The van der Waals surface area contributed by atoms with Gasteiger partial charge in [0.1, 0.15) is 17.5 Å². The van der Waals surface area contributed by atoms with Crippen LogP contribution in [0.3, 0.4) is 0 Å². The number of ether oxygens (including phenoxy) is 2. The normalized spacial score (nSPS) is 19.0. The third-order valence-electron chi connectivity index (χ3n) is 5.06. The second-order valence-electron chi connectivity index (χ2n) is 7.05. The molecule has 2 N–H and O–H groups in total. The molecule has 28 heavy (non-hydrogen) atoms. The lowest BCUT2D eigenvalue weighted by Crippen LogP contribution is -2.27. The summed E-state index contributed by atoms with van der Waals surface area (Å²) >= 11 is 0. The van der Waals surface area contributed by atoms with Crippen molar-refractivity contribution < 1.29 is 14.0 Å². The molecule has 1 saturated heterocycles. The maximum Gasteiger partial charge on any atom is 0.245 e. The molecule has 1 aromatic heterocycles. The van der Waals surface area contributed by atoms with E-state index in [9.17, 15) is 0 Å². The Morgan fingerprint density at radius 1 is 0.964 bits per heavy atom. The van der Waals surface area contributed by atoms with Gasteiger partial charge in [0, 0.05) is 17.7 Å². The van der Waals surface area contributed by atoms with Crippen molar-refractivity contribution in [3.05, 3.63) is 59.0 Å². The number of benzene rings is 2. The fourth-order valence-electron chi connectivity index (χ4n) is 3.49. The molecular weight excluding hydrogens is 356 g/mol. The van der Waals surface area contributed by atoms with Crippen LogP contribution in [-0.2, 0) is 0 Å². The third kappa shape index (κ3) is 3.58. The molecule has 1 fully saturated rings. The Kier molecular flexibility index (Phi) is 5.02. The van der Waals surface area contributed by atoms with Gasteiger partial charge in [0.25, 0.3) is 0 Å². The Balaban J connectivity index is 1.55. The SMILES string of the molecule is COc1cc(OC)cc(-c2noc(C3CC(c4cc(C)ccc4C)NN3)n2)c1. The van der Waals surface area contributed by atoms with E-state index in [-0.39, 0.29) is 12.1 Å². The first-order valence-electron chi connectivity index (χ1n) is 9.22. The number of aryl methyl sites for hydroxylation is 2. The van der Waals surface area contributed by atoms with Gasteiger partial charge in [-0.15, -0.1) is 0 Å². The quantitative estimate of drug-likeness (QED) is 0.699. The molecule has 1 aliphatic rings. The molecule has 2 aromatic carbocycles. The zero-order chi connectivity index (χ0) is 19.7. The highest BCUT2D eigenvalue weighted by Crippen LogP contribution is 2.34. The molecule has 2 atom stereocenters. The average molecular weight is 380 g/mol. The number of nitrogens with one attached hydrogen (secondary N) is 2. The predicted octanol–water partition coefficient (Wildman–Crippen LogP) is 3.65. The molecule has 2 heterocycles. The number of hydrogen-bond donors (Lipinski definition) is 2. The first-order valence-corrected chi connectivity index (χ1v) is 9.22. The first-order chi connectivity index (χ1) is 13.6. The van der Waals surface area contributed by atoms with E-state index < -0.39 is 0 Å². The van der Waals surface area contributed by atoms with Gasteiger partial charge in [-0.3, -0.25) is 0 Å². The highest BCUT2D eigenvalue weighted by Gasteiger charge is 2.31. The number of hydrazine groups is 1. The van der Waals surface area contributed by atoms with Crippen molar-refractivity contribution >= 4 is 0 Å². The molecule has 0 bridgehead atoms. The van der Waals surface area contributed by atoms with E-state index in [1.807, 2.05) is 18.2 Å². The summed E-state index contributed by atoms with van der Waals surface area (Å²) < 4.78 is 16.2. The maximum absolute atomic E-state index is 5.54. The van der Waals surface area contributed by atoms with Crippen molar-refractivity contribution in [2.24, 2.45) is 0 Å². The number of rotatable bonds is 5. The molecule has 3 aromatic rings. The lowest BCUT2D eigenvalue weighted by Gasteiger charge is -2.13. The van der Waals surface area contributed by atoms with Gasteiger partial charge in [0.05, 0.1) is 14.2 Å². The van der Waals surface area contributed by atoms with Crippen LogP contribution in [0.2, 0.25) is 0 Å². The van der Waals surface area contributed by atoms with E-state index in [2.05, 4.69) is 53.0 Å². The van der Waals surface area contributed by atoms with E-state index in [0.29, 0.717) is 23.2 Å². The molecule has 0 amide bonds. The number of nitrogens with zero attached hydrogens (tertiary/aromatic N) is 2. The van der Waals surface area contributed by atoms with Crippen LogP contribution in [0, 0.1) is 13.8 Å². The minimum absolute atomic E-state index is 0.0568. The van der Waals surface area contributed by atoms with Crippen molar-refractivity contribution in [3.63, 3.8) is 0 Å². The number of methoxy groups -OCH3 is 2. The van der Waals surface area contributed by atoms with Crippen LogP contribution in [0.4, 0.5) is 0 Å². The molecular formula is C21H24N4O3. The maximum atomic E-state index is 5.54. The summed E-state index contributed by atoms with van der Waals surface area (Å²) in [5.74, 6) is 2.41. The van der Waals surface area contributed by atoms with Crippen LogP contribution in [0.25, 0.3) is 11.4 Å². The van der Waals surface area contributed by atoms with Crippen molar-refractivity contribution in [3.8, 4) is 22.9 Å². The van der Waals surface area contributed by atoms with Gasteiger partial charge in [-0.25, -0.2) is 10.9 Å². The summed E-state index contributed by atoms with van der Waals surface area (Å²) in [6.07, 6.45) is 0.827. The second-order valence-corrected chi connectivity index (χ2v) is 7.05. The van der Waals surface area contributed by atoms with E-state index in [0.717, 1.165) is 12.0 Å². The van der Waals surface area contributed by atoms with Gasteiger partial charge in [-0.2, -0.15) is 4.98 Å². The standard InChI is InChI=1S/C21H24N4O3/c1-12-5-6-13(2)17(7-12)18-11-19(24-23-18)21-22-20(25-28-21)14-8-15(26-3)10-16(9-14)27-4/h5-10,18-19,23-24H,11H2,1-4H3. The third-order valence-corrected chi connectivity index (χ3v) is 5.06. The summed E-state index contributed by atoms with van der Waals surface area (Å²) in [5, 5.41) is 4.15. The van der Waals surface area contributed by atoms with Crippen LogP contribution in [0.15, 0.2) is 40.9 Å². The molecule has 0 spiro atoms. The molecule has 1 aliphatic heterocycles. The molecule has 2 unspecified atom stereocenters. The van der Waals surface area contributed by atoms with Gasteiger partial charge in [-0.05, 0) is 43.5 Å². The summed E-state index contributed by atoms with van der Waals surface area (Å²) in [7, 11) is 3.23. The van der Waals surface area contributed by atoms with Crippen LogP contribution >= 0.6 is 0 Å². The molecule has 146 valence electrons. The minimum Gasteiger partial charge on any atom is -0.497 e. The van der Waals surface area contributed by atoms with Gasteiger partial charge >= 0.3 is 0 Å². The van der Waals surface area contributed by atoms with E-state index >= 15 is 0 Å². The summed E-state index contributed by atoms with van der Waals surface area (Å²) in [5.41, 5.74) is 11.2.